The molecule has 0 unspecified atom stereocenters. The molecule has 3 aromatic rings. The molecule has 0 radical (unpaired) electrons. The number of thiazole rings is 1. The molecule has 146 valence electrons. The lowest BCUT2D eigenvalue weighted by atomic mass is 10.2. The molecular formula is C19H15F3N2O3S. The Bertz CT molecular complexity index is 938. The number of nitrogens with one attached hydrogen (secondary N) is 1. The molecule has 3 rings (SSSR count). The Balaban J connectivity index is 1.55. The van der Waals surface area contributed by atoms with Gasteiger partial charge in [-0.1, -0.05) is 0 Å². The topological polar surface area (TPSA) is 60.5 Å². The van der Waals surface area contributed by atoms with E-state index in [9.17, 15) is 18.0 Å². The van der Waals surface area contributed by atoms with E-state index in [0.29, 0.717) is 23.6 Å². The molecule has 2 aromatic carbocycles. The minimum Gasteiger partial charge on any atom is -0.487 e. The summed E-state index contributed by atoms with van der Waals surface area (Å²) in [5.74, 6) is -0.163. The van der Waals surface area contributed by atoms with E-state index >= 15 is 0 Å². The molecule has 1 aromatic heterocycles. The Labute approximate surface area is 162 Å². The molecule has 9 heteroatoms. The van der Waals surface area contributed by atoms with E-state index < -0.39 is 12.3 Å². The summed E-state index contributed by atoms with van der Waals surface area (Å²) < 4.78 is 45.9. The van der Waals surface area contributed by atoms with Crippen LogP contribution in [-0.2, 0) is 6.61 Å². The lowest BCUT2D eigenvalue weighted by Gasteiger charge is -2.10. The van der Waals surface area contributed by atoms with E-state index in [2.05, 4.69) is 15.0 Å². The van der Waals surface area contributed by atoms with Crippen molar-refractivity contribution in [2.75, 3.05) is 5.32 Å². The van der Waals surface area contributed by atoms with Crippen molar-refractivity contribution in [2.24, 2.45) is 0 Å². The molecule has 0 bridgehead atoms. The second-order valence-corrected chi connectivity index (χ2v) is 6.76. The maximum absolute atomic E-state index is 12.2. The third-order valence-corrected chi connectivity index (χ3v) is 4.34. The van der Waals surface area contributed by atoms with Gasteiger partial charge in [0.15, 0.2) is 0 Å². The summed E-state index contributed by atoms with van der Waals surface area (Å²) in [6.45, 7) is 2.25. The van der Waals surface area contributed by atoms with Crippen LogP contribution in [-0.4, -0.2) is 17.3 Å². The van der Waals surface area contributed by atoms with Crippen molar-refractivity contribution in [1.82, 2.24) is 4.98 Å². The molecule has 0 aliphatic heterocycles. The molecule has 1 heterocycles. The van der Waals surface area contributed by atoms with Crippen LogP contribution in [0.4, 0.5) is 18.9 Å². The minimum absolute atomic E-state index is 0.336. The lowest BCUT2D eigenvalue weighted by molar-refractivity contribution is -0.274. The van der Waals surface area contributed by atoms with Crippen molar-refractivity contribution in [3.8, 4) is 11.5 Å². The number of hydrogen-bond donors (Lipinski definition) is 1. The number of carbonyl (C=O) groups is 1. The van der Waals surface area contributed by atoms with E-state index in [4.69, 9.17) is 4.74 Å². The van der Waals surface area contributed by atoms with Gasteiger partial charge in [-0.2, -0.15) is 0 Å². The SMILES string of the molecule is Cc1nc(COc2ccc(C(=O)Nc3ccc(OC(F)(F)F)cc3)cc2)cs1. The highest BCUT2D eigenvalue weighted by molar-refractivity contribution is 7.09. The van der Waals surface area contributed by atoms with Crippen molar-refractivity contribution in [3.63, 3.8) is 0 Å². The van der Waals surface area contributed by atoms with E-state index in [-0.39, 0.29) is 5.75 Å². The van der Waals surface area contributed by atoms with Crippen molar-refractivity contribution in [2.45, 2.75) is 19.9 Å². The van der Waals surface area contributed by atoms with Crippen LogP contribution in [0.5, 0.6) is 11.5 Å². The first-order valence-corrected chi connectivity index (χ1v) is 8.97. The normalized spacial score (nSPS) is 11.1. The highest BCUT2D eigenvalue weighted by Gasteiger charge is 2.30. The van der Waals surface area contributed by atoms with Crippen LogP contribution in [0.3, 0.4) is 0 Å². The van der Waals surface area contributed by atoms with Gasteiger partial charge in [-0.3, -0.25) is 4.79 Å². The van der Waals surface area contributed by atoms with E-state index in [1.807, 2.05) is 12.3 Å². The van der Waals surface area contributed by atoms with Gasteiger partial charge in [0.25, 0.3) is 5.91 Å². The van der Waals surface area contributed by atoms with Crippen molar-refractivity contribution >= 4 is 22.9 Å². The number of halogens is 3. The van der Waals surface area contributed by atoms with Gasteiger partial charge in [-0.15, -0.1) is 24.5 Å². The van der Waals surface area contributed by atoms with Gasteiger partial charge in [0, 0.05) is 16.6 Å². The second kappa shape index (κ2) is 8.30. The van der Waals surface area contributed by atoms with Crippen LogP contribution in [0.25, 0.3) is 0 Å². The summed E-state index contributed by atoms with van der Waals surface area (Å²) in [5, 5.41) is 5.48. The molecule has 0 atom stereocenters. The van der Waals surface area contributed by atoms with Crippen LogP contribution in [0.1, 0.15) is 21.1 Å². The van der Waals surface area contributed by atoms with Gasteiger partial charge in [0.05, 0.1) is 10.7 Å². The Morgan fingerprint density at radius 2 is 1.71 bits per heavy atom. The van der Waals surface area contributed by atoms with E-state index in [0.717, 1.165) is 22.8 Å². The number of hydrogen-bond acceptors (Lipinski definition) is 5. The predicted octanol–water partition coefficient (Wildman–Crippen LogP) is 5.18. The third-order valence-electron chi connectivity index (χ3n) is 3.52. The van der Waals surface area contributed by atoms with Crippen molar-refractivity contribution in [3.05, 3.63) is 70.2 Å². The zero-order chi connectivity index (χ0) is 20.1. The minimum atomic E-state index is -4.76. The molecule has 0 spiro atoms. The van der Waals surface area contributed by atoms with Gasteiger partial charge in [-0.25, -0.2) is 4.98 Å². The summed E-state index contributed by atoms with van der Waals surface area (Å²) in [6.07, 6.45) is -4.76. The number of nitrogens with zero attached hydrogens (tertiary/aromatic N) is 1. The zero-order valence-electron chi connectivity index (χ0n) is 14.6. The molecule has 0 saturated heterocycles. The first kappa shape index (κ1) is 19.7. The molecule has 28 heavy (non-hydrogen) atoms. The van der Waals surface area contributed by atoms with Crippen LogP contribution >= 0.6 is 11.3 Å². The van der Waals surface area contributed by atoms with Crippen molar-refractivity contribution in [1.29, 1.82) is 0 Å². The molecule has 1 amide bonds. The highest BCUT2D eigenvalue weighted by atomic mass is 32.1. The number of aryl methyl sites for hydroxylation is 1. The largest absolute Gasteiger partial charge is 0.573 e. The number of aromatic nitrogens is 1. The van der Waals surface area contributed by atoms with Crippen LogP contribution in [0.15, 0.2) is 53.9 Å². The lowest BCUT2D eigenvalue weighted by Crippen LogP contribution is -2.17. The third kappa shape index (κ3) is 5.71. The molecule has 5 nitrogen and oxygen atoms in total. The number of carbonyl (C=O) groups excluding carboxylic acids is 1. The summed E-state index contributed by atoms with van der Waals surface area (Å²) in [4.78, 5) is 16.6. The first-order chi connectivity index (χ1) is 13.3. The predicted molar refractivity (Wildman–Crippen MR) is 98.7 cm³/mol. The van der Waals surface area contributed by atoms with E-state index in [1.165, 1.54) is 12.1 Å². The van der Waals surface area contributed by atoms with Gasteiger partial charge < -0.3 is 14.8 Å². The van der Waals surface area contributed by atoms with Crippen LogP contribution < -0.4 is 14.8 Å². The number of rotatable bonds is 6. The number of ether oxygens (including phenoxy) is 2. The van der Waals surface area contributed by atoms with Crippen LogP contribution in [0.2, 0.25) is 0 Å². The Kier molecular flexibility index (Phi) is 5.84. The van der Waals surface area contributed by atoms with Gasteiger partial charge in [0.2, 0.25) is 0 Å². The fraction of sp³-hybridized carbons (Fsp3) is 0.158. The van der Waals surface area contributed by atoms with Gasteiger partial charge >= 0.3 is 6.36 Å². The average molecular weight is 408 g/mol. The molecule has 0 saturated carbocycles. The smallest absolute Gasteiger partial charge is 0.487 e. The van der Waals surface area contributed by atoms with Gasteiger partial charge in [0.1, 0.15) is 18.1 Å². The molecule has 0 aliphatic rings. The maximum atomic E-state index is 12.2. The Hall–Kier alpha value is -3.07. The number of amides is 1. The van der Waals surface area contributed by atoms with Gasteiger partial charge in [-0.05, 0) is 55.5 Å². The number of benzene rings is 2. The number of anilines is 1. The summed E-state index contributed by atoms with van der Waals surface area (Å²) in [5.41, 5.74) is 1.56. The standard InChI is InChI=1S/C19H15F3N2O3S/c1-12-23-15(11-28-12)10-26-16-6-2-13(3-7-16)18(25)24-14-4-8-17(9-5-14)27-19(20,21)22/h2-9,11H,10H2,1H3,(H,24,25). The monoisotopic (exact) mass is 408 g/mol. The Morgan fingerprint density at radius 3 is 2.29 bits per heavy atom. The molecule has 0 aliphatic carbocycles. The fourth-order valence-corrected chi connectivity index (χ4v) is 2.87. The Morgan fingerprint density at radius 1 is 1.07 bits per heavy atom. The highest BCUT2D eigenvalue weighted by Crippen LogP contribution is 2.24. The number of alkyl halides is 3. The molecular weight excluding hydrogens is 393 g/mol. The maximum Gasteiger partial charge on any atom is 0.573 e. The molecule has 0 fully saturated rings. The summed E-state index contributed by atoms with van der Waals surface area (Å²) in [6, 6.07) is 11.4. The summed E-state index contributed by atoms with van der Waals surface area (Å²) >= 11 is 1.54. The quantitative estimate of drug-likeness (QED) is 0.610. The van der Waals surface area contributed by atoms with E-state index in [1.54, 1.807) is 35.6 Å². The van der Waals surface area contributed by atoms with Crippen LogP contribution in [0, 0.1) is 6.92 Å². The molecule has 1 N–H and O–H groups in total. The summed E-state index contributed by atoms with van der Waals surface area (Å²) in [7, 11) is 0. The zero-order valence-corrected chi connectivity index (χ0v) is 15.4. The first-order valence-electron chi connectivity index (χ1n) is 8.09. The average Bonchev–Trinajstić information content (AvgIpc) is 3.06. The second-order valence-electron chi connectivity index (χ2n) is 5.70. The van der Waals surface area contributed by atoms with Crippen molar-refractivity contribution < 1.29 is 27.4 Å². The fourth-order valence-electron chi connectivity index (χ4n) is 2.28.